The molecule has 0 radical (unpaired) electrons. The number of alkyl halides is 3. The molecule has 2 heterocycles. The standard InChI is InChI=1S/C34H35F3N6O3S/c1-21(2)28-14-13-27(45-4)19-29(28)43-22(3)15-18-47-32(43)39-31(44)40-33(16-17-33)24-7-5-23(6-8-24)30-38-20-42(41-30)25-9-11-26(12-10-25)46-34(35,36)37/h5-14,19-22H,15-18H2,1-4H3,(H,40,44). The van der Waals surface area contributed by atoms with Gasteiger partial charge in [0, 0.05) is 23.4 Å². The van der Waals surface area contributed by atoms with E-state index in [4.69, 9.17) is 4.74 Å². The highest BCUT2D eigenvalue weighted by molar-refractivity contribution is 8.14. The van der Waals surface area contributed by atoms with Crippen LogP contribution in [0.25, 0.3) is 17.1 Å². The van der Waals surface area contributed by atoms with Crippen molar-refractivity contribution < 1.29 is 27.4 Å². The van der Waals surface area contributed by atoms with Gasteiger partial charge in [0.2, 0.25) is 0 Å². The van der Waals surface area contributed by atoms with E-state index in [0.29, 0.717) is 16.7 Å². The Balaban J connectivity index is 1.16. The van der Waals surface area contributed by atoms with Crippen molar-refractivity contribution in [2.24, 2.45) is 4.99 Å². The molecule has 2 aliphatic rings. The van der Waals surface area contributed by atoms with Crippen LogP contribution in [0.1, 0.15) is 57.1 Å². The third-order valence-corrected chi connectivity index (χ3v) is 9.33. The lowest BCUT2D eigenvalue weighted by Crippen LogP contribution is -2.43. The van der Waals surface area contributed by atoms with Crippen molar-refractivity contribution in [3.05, 3.63) is 84.2 Å². The maximum absolute atomic E-state index is 13.4. The summed E-state index contributed by atoms with van der Waals surface area (Å²) in [5, 5.41) is 8.33. The van der Waals surface area contributed by atoms with E-state index in [1.807, 2.05) is 36.4 Å². The number of ether oxygens (including phenoxy) is 2. The second kappa shape index (κ2) is 12.9. The molecule has 1 atom stereocenters. The molecule has 1 aromatic heterocycles. The Bertz CT molecular complexity index is 1770. The number of nitrogens with one attached hydrogen (secondary N) is 1. The number of rotatable bonds is 8. The van der Waals surface area contributed by atoms with Crippen molar-refractivity contribution in [3.8, 4) is 28.6 Å². The molecule has 6 rings (SSSR count). The Labute approximate surface area is 275 Å². The van der Waals surface area contributed by atoms with Gasteiger partial charge in [-0.1, -0.05) is 55.9 Å². The molecule has 1 aliphatic heterocycles. The van der Waals surface area contributed by atoms with Gasteiger partial charge in [-0.3, -0.25) is 0 Å². The zero-order chi connectivity index (χ0) is 33.3. The first-order valence-electron chi connectivity index (χ1n) is 15.3. The predicted octanol–water partition coefficient (Wildman–Crippen LogP) is 8.05. The summed E-state index contributed by atoms with van der Waals surface area (Å²) in [6, 6.07) is 18.9. The summed E-state index contributed by atoms with van der Waals surface area (Å²) >= 11 is 1.58. The number of hydrogen-bond donors (Lipinski definition) is 1. The fraction of sp³-hybridized carbons (Fsp3) is 0.353. The fourth-order valence-electron chi connectivity index (χ4n) is 5.67. The molecule has 3 aromatic carbocycles. The van der Waals surface area contributed by atoms with Crippen molar-refractivity contribution in [2.75, 3.05) is 17.8 Å². The number of carbonyl (C=O) groups excluding carboxylic acids is 1. The number of amides is 2. The smallest absolute Gasteiger partial charge is 0.497 e. The molecule has 246 valence electrons. The van der Waals surface area contributed by atoms with Crippen molar-refractivity contribution in [2.45, 2.75) is 63.9 Å². The van der Waals surface area contributed by atoms with E-state index in [-0.39, 0.29) is 23.7 Å². The lowest BCUT2D eigenvalue weighted by molar-refractivity contribution is -0.274. The first kappa shape index (κ1) is 32.4. The maximum Gasteiger partial charge on any atom is 0.573 e. The first-order chi connectivity index (χ1) is 22.4. The number of methoxy groups -OCH3 is 1. The van der Waals surface area contributed by atoms with E-state index in [0.717, 1.165) is 47.6 Å². The molecule has 47 heavy (non-hydrogen) atoms. The highest BCUT2D eigenvalue weighted by Crippen LogP contribution is 2.46. The van der Waals surface area contributed by atoms with Gasteiger partial charge < -0.3 is 19.7 Å². The van der Waals surface area contributed by atoms with Crippen LogP contribution in [-0.2, 0) is 5.54 Å². The number of anilines is 1. The highest BCUT2D eigenvalue weighted by atomic mass is 32.2. The number of hydrogen-bond acceptors (Lipinski definition) is 6. The topological polar surface area (TPSA) is 93.9 Å². The first-order valence-corrected chi connectivity index (χ1v) is 16.3. The minimum atomic E-state index is -4.76. The number of aliphatic imine (C=N–C) groups is 1. The van der Waals surface area contributed by atoms with Gasteiger partial charge in [0.1, 0.15) is 17.8 Å². The van der Waals surface area contributed by atoms with E-state index in [1.165, 1.54) is 40.8 Å². The van der Waals surface area contributed by atoms with E-state index >= 15 is 0 Å². The molecule has 2 fully saturated rings. The molecule has 0 bridgehead atoms. The van der Waals surface area contributed by atoms with Crippen LogP contribution in [0.4, 0.5) is 23.7 Å². The summed E-state index contributed by atoms with van der Waals surface area (Å²) in [5.74, 6) is 2.05. The van der Waals surface area contributed by atoms with Crippen LogP contribution in [0, 0.1) is 0 Å². The Morgan fingerprint density at radius 1 is 1.06 bits per heavy atom. The summed E-state index contributed by atoms with van der Waals surface area (Å²) in [7, 11) is 1.65. The third kappa shape index (κ3) is 7.24. The largest absolute Gasteiger partial charge is 0.573 e. The number of nitrogens with zero attached hydrogens (tertiary/aromatic N) is 5. The average molecular weight is 665 g/mol. The highest BCUT2D eigenvalue weighted by Gasteiger charge is 2.46. The van der Waals surface area contributed by atoms with Crippen LogP contribution in [-0.4, -0.2) is 51.2 Å². The number of aromatic nitrogens is 3. The van der Waals surface area contributed by atoms with Crippen LogP contribution in [0.3, 0.4) is 0 Å². The average Bonchev–Trinajstić information content (AvgIpc) is 3.64. The molecule has 1 unspecified atom stereocenters. The molecule has 9 nitrogen and oxygen atoms in total. The van der Waals surface area contributed by atoms with E-state index in [9.17, 15) is 18.0 Å². The summed E-state index contributed by atoms with van der Waals surface area (Å²) in [6.45, 7) is 6.46. The Kier molecular flexibility index (Phi) is 8.93. The molecule has 1 saturated heterocycles. The number of carbonyl (C=O) groups is 1. The van der Waals surface area contributed by atoms with E-state index in [2.05, 4.69) is 56.9 Å². The Hall–Kier alpha value is -4.52. The van der Waals surface area contributed by atoms with E-state index in [1.54, 1.807) is 18.9 Å². The zero-order valence-electron chi connectivity index (χ0n) is 26.4. The van der Waals surface area contributed by atoms with Crippen LogP contribution >= 0.6 is 11.8 Å². The van der Waals surface area contributed by atoms with Gasteiger partial charge >= 0.3 is 12.4 Å². The molecule has 1 N–H and O–H groups in total. The number of halogens is 3. The van der Waals surface area contributed by atoms with Crippen LogP contribution in [0.15, 0.2) is 78.0 Å². The molecule has 0 spiro atoms. The molecular weight excluding hydrogens is 629 g/mol. The fourth-order valence-corrected chi connectivity index (χ4v) is 6.88. The second-order valence-corrected chi connectivity index (χ2v) is 13.0. The lowest BCUT2D eigenvalue weighted by Gasteiger charge is -2.37. The van der Waals surface area contributed by atoms with E-state index < -0.39 is 11.9 Å². The number of urea groups is 1. The van der Waals surface area contributed by atoms with Crippen molar-refractivity contribution >= 4 is 28.6 Å². The number of thioether (sulfide) groups is 1. The molecule has 1 aliphatic carbocycles. The summed E-state index contributed by atoms with van der Waals surface area (Å²) in [6.07, 6.45) is -0.706. The molecular formula is C34H35F3N6O3S. The second-order valence-electron chi connectivity index (χ2n) is 12.0. The normalized spacial score (nSPS) is 18.3. The lowest BCUT2D eigenvalue weighted by atomic mass is 9.99. The van der Waals surface area contributed by atoms with Crippen molar-refractivity contribution in [1.29, 1.82) is 0 Å². The van der Waals surface area contributed by atoms with Gasteiger partial charge in [0.05, 0.1) is 24.0 Å². The van der Waals surface area contributed by atoms with Gasteiger partial charge in [-0.2, -0.15) is 4.99 Å². The minimum absolute atomic E-state index is 0.162. The summed E-state index contributed by atoms with van der Waals surface area (Å²) < 4.78 is 48.4. The van der Waals surface area contributed by atoms with Crippen LogP contribution in [0.5, 0.6) is 11.5 Å². The molecule has 4 aromatic rings. The zero-order valence-corrected chi connectivity index (χ0v) is 27.2. The van der Waals surface area contributed by atoms with Gasteiger partial charge in [-0.05, 0) is 73.6 Å². The Morgan fingerprint density at radius 2 is 1.77 bits per heavy atom. The number of amidine groups is 1. The minimum Gasteiger partial charge on any atom is -0.497 e. The SMILES string of the molecule is COc1ccc(C(C)C)c(N2C(=NC(=O)NC3(c4ccc(-c5ncn(-c6ccc(OC(F)(F)F)cc6)n5)cc4)CC3)SCCC2C)c1. The van der Waals surface area contributed by atoms with Gasteiger partial charge in [-0.25, -0.2) is 14.5 Å². The van der Waals surface area contributed by atoms with Gasteiger partial charge in [0.15, 0.2) is 11.0 Å². The predicted molar refractivity (Wildman–Crippen MR) is 176 cm³/mol. The molecule has 2 amide bonds. The van der Waals surface area contributed by atoms with Crippen LogP contribution in [0.2, 0.25) is 0 Å². The monoisotopic (exact) mass is 664 g/mol. The van der Waals surface area contributed by atoms with Crippen LogP contribution < -0.4 is 19.7 Å². The quantitative estimate of drug-likeness (QED) is 0.204. The molecule has 13 heteroatoms. The summed E-state index contributed by atoms with van der Waals surface area (Å²) in [4.78, 5) is 24.6. The Morgan fingerprint density at radius 3 is 2.40 bits per heavy atom. The molecule has 1 saturated carbocycles. The van der Waals surface area contributed by atoms with Gasteiger partial charge in [-0.15, -0.1) is 18.3 Å². The number of benzene rings is 3. The third-order valence-electron chi connectivity index (χ3n) is 8.35. The van der Waals surface area contributed by atoms with Crippen molar-refractivity contribution in [3.63, 3.8) is 0 Å². The van der Waals surface area contributed by atoms with Crippen molar-refractivity contribution in [1.82, 2.24) is 20.1 Å². The van der Waals surface area contributed by atoms with Gasteiger partial charge in [0.25, 0.3) is 0 Å². The maximum atomic E-state index is 13.4. The summed E-state index contributed by atoms with van der Waals surface area (Å²) in [5.41, 5.74) is 3.93.